The van der Waals surface area contributed by atoms with E-state index in [9.17, 15) is 29.5 Å². The summed E-state index contributed by atoms with van der Waals surface area (Å²) in [6.45, 7) is -0.705. The van der Waals surface area contributed by atoms with Gasteiger partial charge in [-0.25, -0.2) is 24.3 Å². The van der Waals surface area contributed by atoms with Gasteiger partial charge in [-0.1, -0.05) is 0 Å². The molecule has 3 rings (SSSR count). The first-order valence-electron chi connectivity index (χ1n) is 8.58. The highest BCUT2D eigenvalue weighted by atomic mass is 31.2. The second kappa shape index (κ2) is 8.80. The van der Waals surface area contributed by atoms with Crippen LogP contribution >= 0.6 is 7.82 Å². The van der Waals surface area contributed by atoms with Gasteiger partial charge in [-0.15, -0.1) is 0 Å². The Hall–Kier alpha value is -2.72. The van der Waals surface area contributed by atoms with E-state index in [0.717, 1.165) is 12.7 Å². The molecule has 0 radical (unpaired) electrons. The van der Waals surface area contributed by atoms with Crippen molar-refractivity contribution in [1.82, 2.24) is 19.5 Å². The number of carboxylic acids is 2. The third-order valence-corrected chi connectivity index (χ3v) is 4.85. The monoisotopic (exact) mass is 463 g/mol. The van der Waals surface area contributed by atoms with Crippen molar-refractivity contribution in [3.63, 3.8) is 0 Å². The van der Waals surface area contributed by atoms with Gasteiger partial charge in [0.2, 0.25) is 0 Å². The average Bonchev–Trinajstić information content (AvgIpc) is 3.21. The van der Waals surface area contributed by atoms with Crippen molar-refractivity contribution in [2.75, 3.05) is 11.9 Å². The first-order valence-corrected chi connectivity index (χ1v) is 10.1. The van der Waals surface area contributed by atoms with Crippen molar-refractivity contribution in [1.29, 1.82) is 0 Å². The number of phosphoric acid groups is 1. The Morgan fingerprint density at radius 2 is 1.94 bits per heavy atom. The Morgan fingerprint density at radius 1 is 1.23 bits per heavy atom. The lowest BCUT2D eigenvalue weighted by Gasteiger charge is -2.17. The molecule has 0 bridgehead atoms. The minimum absolute atomic E-state index is 0.0272. The molecular weight excluding hydrogens is 445 g/mol. The second-order valence-electron chi connectivity index (χ2n) is 6.51. The van der Waals surface area contributed by atoms with Crippen molar-refractivity contribution in [2.24, 2.45) is 0 Å². The number of hydrogen-bond donors (Lipinski definition) is 7. The summed E-state index contributed by atoms with van der Waals surface area (Å²) in [6, 6.07) is -1.51. The minimum Gasteiger partial charge on any atom is -0.481 e. The average molecular weight is 463 g/mol. The van der Waals surface area contributed by atoms with Gasteiger partial charge in [0.25, 0.3) is 0 Å². The van der Waals surface area contributed by atoms with Crippen LogP contribution in [0.4, 0.5) is 5.82 Å². The molecule has 17 heteroatoms. The van der Waals surface area contributed by atoms with E-state index in [1.165, 1.54) is 4.57 Å². The molecular formula is C14H18N5O11P. The van der Waals surface area contributed by atoms with Crippen molar-refractivity contribution in [2.45, 2.75) is 37.0 Å². The molecule has 7 N–H and O–H groups in total. The van der Waals surface area contributed by atoms with Crippen LogP contribution in [0.1, 0.15) is 12.6 Å². The fraction of sp³-hybridized carbons (Fsp3) is 0.500. The summed E-state index contributed by atoms with van der Waals surface area (Å²) in [5.74, 6) is -2.87. The topological polar surface area (TPSA) is 247 Å². The summed E-state index contributed by atoms with van der Waals surface area (Å²) in [4.78, 5) is 51.6. The number of fused-ring (bicyclic) bond motifs is 1. The molecule has 0 spiro atoms. The summed E-state index contributed by atoms with van der Waals surface area (Å²) in [5, 5.41) is 40.9. The molecule has 2 aromatic heterocycles. The molecule has 1 aliphatic rings. The number of aliphatic carboxylic acids is 2. The zero-order chi connectivity index (χ0) is 22.9. The maximum absolute atomic E-state index is 11.3. The summed E-state index contributed by atoms with van der Waals surface area (Å²) in [6.07, 6.45) is -4.20. The summed E-state index contributed by atoms with van der Waals surface area (Å²) in [7, 11) is -4.83. The molecule has 5 atom stereocenters. The molecule has 1 fully saturated rings. The minimum atomic E-state index is -4.83. The maximum Gasteiger partial charge on any atom is 0.469 e. The number of rotatable bonds is 9. The molecule has 3 heterocycles. The van der Waals surface area contributed by atoms with E-state index in [2.05, 4.69) is 24.8 Å². The van der Waals surface area contributed by atoms with Crippen LogP contribution in [0, 0.1) is 0 Å². The molecule has 0 unspecified atom stereocenters. The molecule has 0 saturated carbocycles. The van der Waals surface area contributed by atoms with Gasteiger partial charge in [0.05, 0.1) is 19.4 Å². The van der Waals surface area contributed by atoms with Gasteiger partial charge in [-0.3, -0.25) is 13.9 Å². The molecule has 0 aromatic carbocycles. The van der Waals surface area contributed by atoms with E-state index in [1.54, 1.807) is 0 Å². The number of nitrogens with one attached hydrogen (secondary N) is 1. The number of aliphatic hydroxyl groups excluding tert-OH is 2. The third-order valence-electron chi connectivity index (χ3n) is 4.36. The number of imidazole rings is 1. The molecule has 0 aliphatic carbocycles. The van der Waals surface area contributed by atoms with Crippen LogP contribution in [0.15, 0.2) is 12.7 Å². The molecule has 1 aliphatic heterocycles. The lowest BCUT2D eigenvalue weighted by Crippen LogP contribution is -2.33. The Balaban J connectivity index is 1.86. The highest BCUT2D eigenvalue weighted by molar-refractivity contribution is 7.46. The number of carboxylic acid groups (broad SMARTS) is 2. The predicted molar refractivity (Wildman–Crippen MR) is 96.5 cm³/mol. The van der Waals surface area contributed by atoms with Crippen LogP contribution in [-0.4, -0.2) is 92.6 Å². The van der Waals surface area contributed by atoms with E-state index < -0.39 is 63.4 Å². The second-order valence-corrected chi connectivity index (χ2v) is 7.75. The first kappa shape index (κ1) is 23.0. The van der Waals surface area contributed by atoms with Gasteiger partial charge < -0.3 is 40.3 Å². The number of hydrogen-bond acceptors (Lipinski definition) is 11. The maximum atomic E-state index is 11.3. The van der Waals surface area contributed by atoms with E-state index in [4.69, 9.17) is 19.6 Å². The van der Waals surface area contributed by atoms with E-state index in [-0.39, 0.29) is 17.0 Å². The molecule has 1 saturated heterocycles. The number of aromatic nitrogens is 4. The Kier molecular flexibility index (Phi) is 6.51. The van der Waals surface area contributed by atoms with Crippen LogP contribution in [0.25, 0.3) is 11.2 Å². The number of nitrogens with zero attached hydrogens (tertiary/aromatic N) is 4. The van der Waals surface area contributed by atoms with Crippen molar-refractivity contribution < 1.29 is 53.6 Å². The van der Waals surface area contributed by atoms with Crippen LogP contribution in [0.2, 0.25) is 0 Å². The zero-order valence-electron chi connectivity index (χ0n) is 15.4. The normalized spacial score (nSPS) is 24.9. The lowest BCUT2D eigenvalue weighted by molar-refractivity contribution is -0.144. The van der Waals surface area contributed by atoms with Crippen LogP contribution in [-0.2, 0) is 23.4 Å². The van der Waals surface area contributed by atoms with Crippen LogP contribution in [0.3, 0.4) is 0 Å². The predicted octanol–water partition coefficient (Wildman–Crippen LogP) is -2.11. The highest BCUT2D eigenvalue weighted by Gasteiger charge is 2.45. The summed E-state index contributed by atoms with van der Waals surface area (Å²) in [5.41, 5.74) is 0.0733. The van der Waals surface area contributed by atoms with Crippen molar-refractivity contribution in [3.05, 3.63) is 12.7 Å². The fourth-order valence-electron chi connectivity index (χ4n) is 2.95. The Morgan fingerprint density at radius 3 is 2.55 bits per heavy atom. The van der Waals surface area contributed by atoms with E-state index in [1.807, 2.05) is 0 Å². The van der Waals surface area contributed by atoms with Crippen LogP contribution < -0.4 is 5.32 Å². The fourth-order valence-corrected chi connectivity index (χ4v) is 3.29. The molecule has 2 aromatic rings. The molecule has 170 valence electrons. The molecule has 0 amide bonds. The Labute approximate surface area is 172 Å². The van der Waals surface area contributed by atoms with Crippen molar-refractivity contribution >= 4 is 36.7 Å². The van der Waals surface area contributed by atoms with Gasteiger partial charge >= 0.3 is 19.8 Å². The number of phosphoric ester groups is 1. The largest absolute Gasteiger partial charge is 0.481 e. The summed E-state index contributed by atoms with van der Waals surface area (Å²) >= 11 is 0. The SMILES string of the molecule is O=C(O)C[C@H](Nc1ncnc2c1ncn2[C@@H]1O[C@H](COP(=O)(O)O)[C@@H](O)[C@H]1O)C(=O)O. The number of anilines is 1. The van der Waals surface area contributed by atoms with Gasteiger partial charge in [0.1, 0.15) is 30.7 Å². The molecule has 31 heavy (non-hydrogen) atoms. The molecule has 16 nitrogen and oxygen atoms in total. The lowest BCUT2D eigenvalue weighted by atomic mass is 10.1. The van der Waals surface area contributed by atoms with Gasteiger partial charge in [0.15, 0.2) is 23.2 Å². The van der Waals surface area contributed by atoms with Gasteiger partial charge in [0, 0.05) is 0 Å². The van der Waals surface area contributed by atoms with E-state index >= 15 is 0 Å². The first-order chi connectivity index (χ1) is 14.5. The van der Waals surface area contributed by atoms with Crippen LogP contribution in [0.5, 0.6) is 0 Å². The van der Waals surface area contributed by atoms with Gasteiger partial charge in [-0.2, -0.15) is 0 Å². The van der Waals surface area contributed by atoms with Crippen molar-refractivity contribution in [3.8, 4) is 0 Å². The highest BCUT2D eigenvalue weighted by Crippen LogP contribution is 2.39. The standard InChI is InChI=1S/C14H18N5O11P/c20-7(21)1-5(14(24)25)18-11-8-12(16-3-15-11)19(4-17-8)13-10(23)9(22)6(30-13)2-29-31(26,27)28/h3-6,9-10,13,22-23H,1-2H2,(H,20,21)(H,24,25)(H,15,16,18)(H2,26,27,28)/t5-,6+,9+,10+,13+/m0/s1. The van der Waals surface area contributed by atoms with E-state index in [0.29, 0.717) is 0 Å². The quantitative estimate of drug-likeness (QED) is 0.197. The van der Waals surface area contributed by atoms with Gasteiger partial charge in [-0.05, 0) is 0 Å². The zero-order valence-corrected chi connectivity index (χ0v) is 16.3. The Bertz CT molecular complexity index is 1030. The summed E-state index contributed by atoms with van der Waals surface area (Å²) < 4.78 is 21.8. The number of carbonyl (C=O) groups is 2. The number of aliphatic hydroxyl groups is 2. The smallest absolute Gasteiger partial charge is 0.469 e. The number of ether oxygens (including phenoxy) is 1. The third kappa shape index (κ3) is 5.13.